The van der Waals surface area contributed by atoms with E-state index in [2.05, 4.69) is 15.9 Å². The van der Waals surface area contributed by atoms with E-state index in [0.29, 0.717) is 27.0 Å². The Morgan fingerprint density at radius 3 is 2.60 bits per heavy atom. The van der Waals surface area contributed by atoms with Crippen molar-refractivity contribution in [1.82, 2.24) is 0 Å². The lowest BCUT2D eigenvalue weighted by molar-refractivity contribution is 0.192. The molecule has 0 saturated carbocycles. The van der Waals surface area contributed by atoms with Crippen molar-refractivity contribution in [2.24, 2.45) is 0 Å². The number of halogens is 3. The van der Waals surface area contributed by atoms with Crippen LogP contribution in [-0.4, -0.2) is 5.11 Å². The van der Waals surface area contributed by atoms with Crippen LogP contribution in [0.2, 0.25) is 10.0 Å². The van der Waals surface area contributed by atoms with Crippen molar-refractivity contribution in [2.45, 2.75) is 6.10 Å². The lowest BCUT2D eigenvalue weighted by Crippen LogP contribution is -1.99. The van der Waals surface area contributed by atoms with Crippen molar-refractivity contribution in [1.29, 1.82) is 0 Å². The summed E-state index contributed by atoms with van der Waals surface area (Å²) in [4.78, 5) is 0. The van der Waals surface area contributed by atoms with Gasteiger partial charge in [-0.25, -0.2) is 0 Å². The molecule has 2 nitrogen and oxygen atoms in total. The zero-order valence-electron chi connectivity index (χ0n) is 10.1. The number of para-hydroxylation sites is 1. The smallest absolute Gasteiger partial charge is 0.153 e. The van der Waals surface area contributed by atoms with Crippen LogP contribution in [-0.2, 0) is 0 Å². The number of furan rings is 1. The van der Waals surface area contributed by atoms with Gasteiger partial charge in [0.2, 0.25) is 0 Å². The van der Waals surface area contributed by atoms with E-state index in [1.54, 1.807) is 18.2 Å². The molecule has 3 rings (SSSR count). The zero-order valence-corrected chi connectivity index (χ0v) is 13.2. The largest absolute Gasteiger partial charge is 0.456 e. The summed E-state index contributed by atoms with van der Waals surface area (Å²) in [6.07, 6.45) is -0.941. The molecule has 1 aromatic heterocycles. The molecule has 20 heavy (non-hydrogen) atoms. The van der Waals surface area contributed by atoms with Crippen molar-refractivity contribution in [3.05, 3.63) is 68.3 Å². The highest BCUT2D eigenvalue weighted by atomic mass is 79.9. The standard InChI is InChI=1S/C15H9BrCl2O2/c16-10-5-2-4-9(13(10)18)14(19)12-7-8-3-1-6-11(17)15(8)20-12/h1-7,14,19H. The lowest BCUT2D eigenvalue weighted by atomic mass is 10.1. The van der Waals surface area contributed by atoms with Crippen molar-refractivity contribution in [3.8, 4) is 0 Å². The molecule has 0 spiro atoms. The molecule has 0 aliphatic rings. The molecule has 0 radical (unpaired) electrons. The van der Waals surface area contributed by atoms with E-state index in [-0.39, 0.29) is 0 Å². The van der Waals surface area contributed by atoms with Crippen LogP contribution in [0.1, 0.15) is 17.4 Å². The number of hydrogen-bond donors (Lipinski definition) is 1. The minimum absolute atomic E-state index is 0.410. The molecule has 0 fully saturated rings. The fraction of sp³-hybridized carbons (Fsp3) is 0.0667. The third-order valence-electron chi connectivity index (χ3n) is 3.06. The van der Waals surface area contributed by atoms with E-state index in [4.69, 9.17) is 27.6 Å². The average molecular weight is 372 g/mol. The molecule has 0 aliphatic carbocycles. The third-order valence-corrected chi connectivity index (χ3v) is 4.67. The Labute approximate surface area is 134 Å². The number of hydrogen-bond acceptors (Lipinski definition) is 2. The topological polar surface area (TPSA) is 33.4 Å². The molecule has 0 saturated heterocycles. The van der Waals surface area contributed by atoms with Gasteiger partial charge in [-0.05, 0) is 34.1 Å². The fourth-order valence-electron chi connectivity index (χ4n) is 2.07. The number of benzene rings is 2. The van der Waals surface area contributed by atoms with Crippen molar-refractivity contribution in [3.63, 3.8) is 0 Å². The second-order valence-electron chi connectivity index (χ2n) is 4.35. The van der Waals surface area contributed by atoms with E-state index in [1.165, 1.54) is 0 Å². The normalized spacial score (nSPS) is 12.8. The van der Waals surface area contributed by atoms with Gasteiger partial charge < -0.3 is 9.52 Å². The Balaban J connectivity index is 2.10. The first-order valence-electron chi connectivity index (χ1n) is 5.88. The Kier molecular flexibility index (Phi) is 3.78. The average Bonchev–Trinajstić information content (AvgIpc) is 2.87. The van der Waals surface area contributed by atoms with E-state index in [0.717, 1.165) is 9.86 Å². The highest BCUT2D eigenvalue weighted by Crippen LogP contribution is 2.36. The molecular weight excluding hydrogens is 363 g/mol. The van der Waals surface area contributed by atoms with E-state index in [1.807, 2.05) is 24.3 Å². The van der Waals surface area contributed by atoms with Crippen molar-refractivity contribution >= 4 is 50.1 Å². The van der Waals surface area contributed by atoms with Gasteiger partial charge in [-0.1, -0.05) is 47.5 Å². The molecule has 0 bridgehead atoms. The summed E-state index contributed by atoms with van der Waals surface area (Å²) < 4.78 is 6.38. The second kappa shape index (κ2) is 5.41. The summed E-state index contributed by atoms with van der Waals surface area (Å²) >= 11 is 15.6. The predicted octanol–water partition coefficient (Wildman–Crippen LogP) is 5.58. The van der Waals surface area contributed by atoms with Crippen LogP contribution >= 0.6 is 39.1 Å². The molecule has 102 valence electrons. The molecule has 1 unspecified atom stereocenters. The quantitative estimate of drug-likeness (QED) is 0.637. The summed E-state index contributed by atoms with van der Waals surface area (Å²) in [5, 5.41) is 12.3. The first-order chi connectivity index (χ1) is 9.58. The van der Waals surface area contributed by atoms with Crippen LogP contribution in [0.3, 0.4) is 0 Å². The van der Waals surface area contributed by atoms with Gasteiger partial charge in [0.05, 0.1) is 10.0 Å². The molecule has 1 atom stereocenters. The van der Waals surface area contributed by atoms with Gasteiger partial charge in [0.25, 0.3) is 0 Å². The van der Waals surface area contributed by atoms with Gasteiger partial charge in [0, 0.05) is 15.4 Å². The summed E-state index contributed by atoms with van der Waals surface area (Å²) in [5.74, 6) is 0.410. The van der Waals surface area contributed by atoms with E-state index in [9.17, 15) is 5.11 Å². The Hall–Kier alpha value is -1.000. The van der Waals surface area contributed by atoms with Gasteiger partial charge in [-0.15, -0.1) is 0 Å². The van der Waals surface area contributed by atoms with Crippen LogP contribution in [0, 0.1) is 0 Å². The van der Waals surface area contributed by atoms with Crippen LogP contribution in [0.15, 0.2) is 51.4 Å². The molecular formula is C15H9BrCl2O2. The van der Waals surface area contributed by atoms with Gasteiger partial charge in [-0.2, -0.15) is 0 Å². The summed E-state index contributed by atoms with van der Waals surface area (Å²) in [6.45, 7) is 0. The van der Waals surface area contributed by atoms with Crippen LogP contribution in [0.5, 0.6) is 0 Å². The summed E-state index contributed by atoms with van der Waals surface area (Å²) in [7, 11) is 0. The van der Waals surface area contributed by atoms with Crippen LogP contribution < -0.4 is 0 Å². The Morgan fingerprint density at radius 2 is 1.85 bits per heavy atom. The number of aliphatic hydroxyl groups is 1. The van der Waals surface area contributed by atoms with E-state index < -0.39 is 6.10 Å². The van der Waals surface area contributed by atoms with Gasteiger partial charge in [0.15, 0.2) is 5.58 Å². The number of rotatable bonds is 2. The maximum atomic E-state index is 10.4. The molecule has 1 N–H and O–H groups in total. The molecule has 1 heterocycles. The highest BCUT2D eigenvalue weighted by molar-refractivity contribution is 9.10. The fourth-order valence-corrected chi connectivity index (χ4v) is 2.90. The zero-order chi connectivity index (χ0) is 14.3. The Bertz CT molecular complexity index is 783. The SMILES string of the molecule is OC(c1cc2cccc(Cl)c2o1)c1cccc(Br)c1Cl. The number of aliphatic hydroxyl groups excluding tert-OH is 1. The summed E-state index contributed by atoms with van der Waals surface area (Å²) in [6, 6.07) is 12.6. The van der Waals surface area contributed by atoms with Gasteiger partial charge in [0.1, 0.15) is 11.9 Å². The molecule has 2 aromatic carbocycles. The highest BCUT2D eigenvalue weighted by Gasteiger charge is 2.20. The first-order valence-corrected chi connectivity index (χ1v) is 7.43. The van der Waals surface area contributed by atoms with Gasteiger partial charge in [-0.3, -0.25) is 0 Å². The van der Waals surface area contributed by atoms with Crippen molar-refractivity contribution in [2.75, 3.05) is 0 Å². The number of fused-ring (bicyclic) bond motifs is 1. The van der Waals surface area contributed by atoms with Crippen LogP contribution in [0.25, 0.3) is 11.0 Å². The van der Waals surface area contributed by atoms with E-state index >= 15 is 0 Å². The van der Waals surface area contributed by atoms with Crippen molar-refractivity contribution < 1.29 is 9.52 Å². The minimum atomic E-state index is -0.941. The van der Waals surface area contributed by atoms with Gasteiger partial charge >= 0.3 is 0 Å². The monoisotopic (exact) mass is 370 g/mol. The lowest BCUT2D eigenvalue weighted by Gasteiger charge is -2.10. The molecule has 5 heteroatoms. The molecule has 3 aromatic rings. The first kappa shape index (κ1) is 14.0. The molecule has 0 aliphatic heterocycles. The second-order valence-corrected chi connectivity index (χ2v) is 5.99. The predicted molar refractivity (Wildman–Crippen MR) is 84.4 cm³/mol. The molecule has 0 amide bonds. The maximum absolute atomic E-state index is 10.4. The minimum Gasteiger partial charge on any atom is -0.456 e. The maximum Gasteiger partial charge on any atom is 0.153 e. The Morgan fingerprint density at radius 1 is 1.10 bits per heavy atom. The third kappa shape index (κ3) is 2.35. The van der Waals surface area contributed by atoms with Crippen LogP contribution in [0.4, 0.5) is 0 Å². The summed E-state index contributed by atoms with van der Waals surface area (Å²) in [5.41, 5.74) is 1.14.